The molecule has 0 saturated carbocycles. The van der Waals surface area contributed by atoms with Gasteiger partial charge in [-0.05, 0) is 43.7 Å². The smallest absolute Gasteiger partial charge is 0.237 e. The van der Waals surface area contributed by atoms with Gasteiger partial charge in [0.2, 0.25) is 11.8 Å². The fourth-order valence-electron chi connectivity index (χ4n) is 4.12. The van der Waals surface area contributed by atoms with Gasteiger partial charge in [-0.3, -0.25) is 14.5 Å². The predicted octanol–water partition coefficient (Wildman–Crippen LogP) is 1.69. The molecule has 3 rings (SSSR count). The van der Waals surface area contributed by atoms with Crippen molar-refractivity contribution in [1.82, 2.24) is 15.1 Å². The van der Waals surface area contributed by atoms with Gasteiger partial charge >= 0.3 is 0 Å². The average molecular weight is 388 g/mol. The Bertz CT molecular complexity index is 631. The van der Waals surface area contributed by atoms with Gasteiger partial charge in [0.1, 0.15) is 0 Å². The average Bonchev–Trinajstić information content (AvgIpc) is 2.72. The first-order valence-electron chi connectivity index (χ1n) is 10.5. The summed E-state index contributed by atoms with van der Waals surface area (Å²) in [6.07, 6.45) is 4.25. The van der Waals surface area contributed by atoms with Crippen molar-refractivity contribution in [2.45, 2.75) is 38.1 Å². The van der Waals surface area contributed by atoms with E-state index in [1.165, 1.54) is 5.56 Å². The highest BCUT2D eigenvalue weighted by Crippen LogP contribution is 2.17. The summed E-state index contributed by atoms with van der Waals surface area (Å²) in [5.74, 6) is 0.547. The van der Waals surface area contributed by atoms with E-state index in [4.69, 9.17) is 4.74 Å². The second-order valence-corrected chi connectivity index (χ2v) is 7.97. The number of ether oxygens (including phenoxy) is 1. The first kappa shape index (κ1) is 20.8. The summed E-state index contributed by atoms with van der Waals surface area (Å²) < 4.78 is 5.40. The molecule has 1 aromatic carbocycles. The number of aryl methyl sites for hydroxylation is 1. The first-order chi connectivity index (χ1) is 13.6. The number of benzene rings is 1. The Kier molecular flexibility index (Phi) is 7.86. The van der Waals surface area contributed by atoms with E-state index in [1.54, 1.807) is 4.90 Å². The summed E-state index contributed by atoms with van der Waals surface area (Å²) in [7, 11) is 1.86. The molecule has 2 aliphatic heterocycles. The molecule has 2 fully saturated rings. The van der Waals surface area contributed by atoms with Crippen molar-refractivity contribution >= 4 is 11.8 Å². The molecule has 28 heavy (non-hydrogen) atoms. The van der Waals surface area contributed by atoms with E-state index in [0.29, 0.717) is 12.5 Å². The van der Waals surface area contributed by atoms with Crippen LogP contribution in [0.4, 0.5) is 0 Å². The normalized spacial score (nSPS) is 21.3. The van der Waals surface area contributed by atoms with Gasteiger partial charge in [-0.25, -0.2) is 0 Å². The van der Waals surface area contributed by atoms with Crippen LogP contribution in [0.15, 0.2) is 30.3 Å². The summed E-state index contributed by atoms with van der Waals surface area (Å²) in [5.41, 5.74) is 1.31. The van der Waals surface area contributed by atoms with Crippen LogP contribution in [0.1, 0.15) is 31.2 Å². The molecule has 0 unspecified atom stereocenters. The number of carbonyl (C=O) groups excluding carboxylic acids is 2. The van der Waals surface area contributed by atoms with E-state index in [2.05, 4.69) is 34.5 Å². The van der Waals surface area contributed by atoms with Crippen LogP contribution in [0, 0.1) is 5.92 Å². The maximum Gasteiger partial charge on any atom is 0.237 e. The van der Waals surface area contributed by atoms with Crippen LogP contribution in [0.3, 0.4) is 0 Å². The molecule has 1 atom stereocenters. The number of nitrogens with one attached hydrogen (secondary N) is 1. The number of rotatable bonds is 8. The lowest BCUT2D eigenvalue weighted by Crippen LogP contribution is -2.56. The SMILES string of the molecule is CN(CC1CCOCC1)C(=O)C[C@@H]1C(=O)NCCN1CCCc1ccccc1. The molecule has 0 aromatic heterocycles. The van der Waals surface area contributed by atoms with Gasteiger partial charge in [-0.1, -0.05) is 30.3 Å². The van der Waals surface area contributed by atoms with Crippen LogP contribution in [0.2, 0.25) is 0 Å². The second kappa shape index (κ2) is 10.6. The molecule has 1 aromatic rings. The molecule has 0 bridgehead atoms. The number of amides is 2. The molecule has 0 radical (unpaired) electrons. The van der Waals surface area contributed by atoms with Crippen LogP contribution >= 0.6 is 0 Å². The number of hydrogen-bond acceptors (Lipinski definition) is 4. The maximum absolute atomic E-state index is 12.8. The Hall–Kier alpha value is -1.92. The highest BCUT2D eigenvalue weighted by atomic mass is 16.5. The van der Waals surface area contributed by atoms with Crippen molar-refractivity contribution in [3.05, 3.63) is 35.9 Å². The van der Waals surface area contributed by atoms with Gasteiger partial charge in [0, 0.05) is 39.9 Å². The van der Waals surface area contributed by atoms with Crippen molar-refractivity contribution in [2.75, 3.05) is 46.4 Å². The lowest BCUT2D eigenvalue weighted by atomic mass is 9.99. The summed E-state index contributed by atoms with van der Waals surface area (Å²) in [6.45, 7) is 4.63. The number of carbonyl (C=O) groups is 2. The van der Waals surface area contributed by atoms with E-state index in [0.717, 1.165) is 58.5 Å². The Labute approximate surface area is 168 Å². The van der Waals surface area contributed by atoms with Gasteiger partial charge in [0.25, 0.3) is 0 Å². The lowest BCUT2D eigenvalue weighted by molar-refractivity contribution is -0.138. The second-order valence-electron chi connectivity index (χ2n) is 7.97. The predicted molar refractivity (Wildman–Crippen MR) is 109 cm³/mol. The Balaban J connectivity index is 1.49. The minimum atomic E-state index is -0.353. The van der Waals surface area contributed by atoms with Crippen molar-refractivity contribution in [1.29, 1.82) is 0 Å². The minimum absolute atomic E-state index is 0.0150. The van der Waals surface area contributed by atoms with Crippen molar-refractivity contribution < 1.29 is 14.3 Å². The number of nitrogens with zero attached hydrogens (tertiary/aromatic N) is 2. The largest absolute Gasteiger partial charge is 0.381 e. The van der Waals surface area contributed by atoms with Gasteiger partial charge < -0.3 is 15.0 Å². The molecule has 1 N–H and O–H groups in total. The fourth-order valence-corrected chi connectivity index (χ4v) is 4.12. The monoisotopic (exact) mass is 387 g/mol. The van der Waals surface area contributed by atoms with Gasteiger partial charge in [-0.2, -0.15) is 0 Å². The zero-order chi connectivity index (χ0) is 19.8. The molecule has 2 saturated heterocycles. The molecule has 0 spiro atoms. The third-order valence-electron chi connectivity index (χ3n) is 5.86. The summed E-state index contributed by atoms with van der Waals surface area (Å²) in [4.78, 5) is 29.2. The van der Waals surface area contributed by atoms with E-state index in [-0.39, 0.29) is 24.3 Å². The minimum Gasteiger partial charge on any atom is -0.381 e. The van der Waals surface area contributed by atoms with Crippen LogP contribution in [0.5, 0.6) is 0 Å². The van der Waals surface area contributed by atoms with Crippen molar-refractivity contribution in [3.8, 4) is 0 Å². The molecule has 0 aliphatic carbocycles. The Morgan fingerprint density at radius 2 is 2.00 bits per heavy atom. The standard InChI is InChI=1S/C22H33N3O3/c1-24(17-19-9-14-28-15-10-19)21(26)16-20-22(27)23-11-13-25(20)12-5-8-18-6-3-2-4-7-18/h2-4,6-7,19-20H,5,8-17H2,1H3,(H,23,27)/t20-/m1/s1. The van der Waals surface area contributed by atoms with Crippen LogP contribution < -0.4 is 5.32 Å². The fraction of sp³-hybridized carbons (Fsp3) is 0.636. The van der Waals surface area contributed by atoms with Gasteiger partial charge in [-0.15, -0.1) is 0 Å². The maximum atomic E-state index is 12.8. The quantitative estimate of drug-likeness (QED) is 0.738. The molecular formula is C22H33N3O3. The van der Waals surface area contributed by atoms with E-state index < -0.39 is 0 Å². The number of hydrogen-bond donors (Lipinski definition) is 1. The van der Waals surface area contributed by atoms with E-state index in [1.807, 2.05) is 13.1 Å². The first-order valence-corrected chi connectivity index (χ1v) is 10.5. The summed E-state index contributed by atoms with van der Waals surface area (Å²) >= 11 is 0. The molecule has 2 aliphatic rings. The van der Waals surface area contributed by atoms with E-state index in [9.17, 15) is 9.59 Å². The molecule has 6 nitrogen and oxygen atoms in total. The lowest BCUT2D eigenvalue weighted by Gasteiger charge is -2.36. The summed E-state index contributed by atoms with van der Waals surface area (Å²) in [6, 6.07) is 10.1. The van der Waals surface area contributed by atoms with Crippen molar-refractivity contribution in [2.24, 2.45) is 5.92 Å². The van der Waals surface area contributed by atoms with E-state index >= 15 is 0 Å². The third kappa shape index (κ3) is 6.04. The Morgan fingerprint density at radius 1 is 1.25 bits per heavy atom. The van der Waals surface area contributed by atoms with Gasteiger partial charge in [0.15, 0.2) is 0 Å². The van der Waals surface area contributed by atoms with Crippen LogP contribution in [-0.2, 0) is 20.7 Å². The van der Waals surface area contributed by atoms with Crippen molar-refractivity contribution in [3.63, 3.8) is 0 Å². The zero-order valence-corrected chi connectivity index (χ0v) is 16.9. The highest BCUT2D eigenvalue weighted by molar-refractivity contribution is 5.88. The highest BCUT2D eigenvalue weighted by Gasteiger charge is 2.32. The molecule has 154 valence electrons. The topological polar surface area (TPSA) is 61.9 Å². The van der Waals surface area contributed by atoms with Crippen LogP contribution in [0.25, 0.3) is 0 Å². The third-order valence-corrected chi connectivity index (χ3v) is 5.86. The molecule has 6 heteroatoms. The molecular weight excluding hydrogens is 354 g/mol. The molecule has 2 amide bonds. The van der Waals surface area contributed by atoms with Crippen LogP contribution in [-0.4, -0.2) is 74.1 Å². The zero-order valence-electron chi connectivity index (χ0n) is 16.9. The Morgan fingerprint density at radius 3 is 2.75 bits per heavy atom. The number of piperazine rings is 1. The molecule has 2 heterocycles. The summed E-state index contributed by atoms with van der Waals surface area (Å²) in [5, 5.41) is 2.93. The van der Waals surface area contributed by atoms with Gasteiger partial charge in [0.05, 0.1) is 12.5 Å².